The van der Waals surface area contributed by atoms with Crippen LogP contribution in [0.3, 0.4) is 0 Å². The molecule has 0 saturated heterocycles. The predicted molar refractivity (Wildman–Crippen MR) is 75.2 cm³/mol. The average molecular weight is 283 g/mol. The fourth-order valence-electron chi connectivity index (χ4n) is 2.55. The summed E-state index contributed by atoms with van der Waals surface area (Å²) in [5, 5.41) is 10.2. The Balaban J connectivity index is 2.35. The normalized spacial score (nSPS) is 12.9. The number of ether oxygens (including phenoxy) is 1. The minimum atomic E-state index is -0.442. The highest BCUT2D eigenvalue weighted by Crippen LogP contribution is 2.38. The zero-order valence-corrected chi connectivity index (χ0v) is 11.9. The number of benzene rings is 1. The fourth-order valence-corrected chi connectivity index (χ4v) is 2.55. The van der Waals surface area contributed by atoms with Gasteiger partial charge in [0.2, 0.25) is 5.78 Å². The second-order valence-electron chi connectivity index (χ2n) is 5.04. The summed E-state index contributed by atoms with van der Waals surface area (Å²) >= 11 is 0. The van der Waals surface area contributed by atoms with Gasteiger partial charge >= 0.3 is 0 Å². The van der Waals surface area contributed by atoms with Crippen LogP contribution in [0.4, 0.5) is 0 Å². The minimum Gasteiger partial charge on any atom is -0.507 e. The van der Waals surface area contributed by atoms with Crippen molar-refractivity contribution in [3.05, 3.63) is 51.8 Å². The Morgan fingerprint density at radius 3 is 2.48 bits per heavy atom. The molecule has 5 heteroatoms. The van der Waals surface area contributed by atoms with Crippen LogP contribution in [0, 0.1) is 13.8 Å². The standard InChI is InChI=1S/C16H13NO4/c1-7-4-10-13(17-6-7)16(20)12-9(15(10)19)5-11(21-3)8(2)14(12)18/h4-6,18H,1-3H3. The van der Waals surface area contributed by atoms with E-state index in [4.69, 9.17) is 4.74 Å². The van der Waals surface area contributed by atoms with Crippen LogP contribution in [0.25, 0.3) is 0 Å². The molecule has 3 rings (SSSR count). The van der Waals surface area contributed by atoms with Gasteiger partial charge < -0.3 is 9.84 Å². The Labute approximate surface area is 121 Å². The van der Waals surface area contributed by atoms with Gasteiger partial charge in [0.1, 0.15) is 17.2 Å². The smallest absolute Gasteiger partial charge is 0.216 e. The molecule has 21 heavy (non-hydrogen) atoms. The number of nitrogens with zero attached hydrogens (tertiary/aromatic N) is 1. The molecule has 1 aliphatic carbocycles. The number of carbonyl (C=O) groups is 2. The van der Waals surface area contributed by atoms with Crippen molar-refractivity contribution in [2.45, 2.75) is 13.8 Å². The molecule has 5 nitrogen and oxygen atoms in total. The average Bonchev–Trinajstić information content (AvgIpc) is 2.47. The Morgan fingerprint density at radius 2 is 1.81 bits per heavy atom. The van der Waals surface area contributed by atoms with E-state index < -0.39 is 5.78 Å². The fraction of sp³-hybridized carbons (Fsp3) is 0.188. The van der Waals surface area contributed by atoms with E-state index in [0.29, 0.717) is 11.3 Å². The van der Waals surface area contributed by atoms with Crippen molar-refractivity contribution in [1.82, 2.24) is 4.98 Å². The number of phenolic OH excluding ortho intramolecular Hbond substituents is 1. The Hall–Kier alpha value is -2.69. The molecule has 0 unspecified atom stereocenters. The molecular weight excluding hydrogens is 270 g/mol. The first kappa shape index (κ1) is 13.3. The number of aromatic hydroxyl groups is 1. The molecule has 2 aromatic rings. The van der Waals surface area contributed by atoms with Crippen LogP contribution in [0.15, 0.2) is 18.3 Å². The molecule has 1 aromatic carbocycles. The van der Waals surface area contributed by atoms with Crippen molar-refractivity contribution in [2.24, 2.45) is 0 Å². The van der Waals surface area contributed by atoms with Gasteiger partial charge in [0.25, 0.3) is 0 Å². The lowest BCUT2D eigenvalue weighted by Crippen LogP contribution is -2.23. The van der Waals surface area contributed by atoms with Gasteiger partial charge in [-0.3, -0.25) is 14.6 Å². The molecule has 0 atom stereocenters. The summed E-state index contributed by atoms with van der Waals surface area (Å²) in [4.78, 5) is 29.2. The lowest BCUT2D eigenvalue weighted by molar-refractivity contribution is 0.0972. The summed E-state index contributed by atoms with van der Waals surface area (Å²) in [6.45, 7) is 3.43. The molecule has 0 radical (unpaired) electrons. The number of hydrogen-bond donors (Lipinski definition) is 1. The summed E-state index contributed by atoms with van der Waals surface area (Å²) in [5.41, 5.74) is 1.72. The maximum atomic E-state index is 12.6. The largest absolute Gasteiger partial charge is 0.507 e. The zero-order valence-electron chi connectivity index (χ0n) is 11.9. The van der Waals surface area contributed by atoms with E-state index in [1.54, 1.807) is 19.9 Å². The first-order valence-corrected chi connectivity index (χ1v) is 6.42. The monoisotopic (exact) mass is 283 g/mol. The highest BCUT2D eigenvalue weighted by atomic mass is 16.5. The van der Waals surface area contributed by atoms with Crippen molar-refractivity contribution in [2.75, 3.05) is 7.11 Å². The van der Waals surface area contributed by atoms with Gasteiger partial charge in [-0.15, -0.1) is 0 Å². The lowest BCUT2D eigenvalue weighted by Gasteiger charge is -2.20. The first-order valence-electron chi connectivity index (χ1n) is 6.42. The van der Waals surface area contributed by atoms with Crippen LogP contribution in [0.1, 0.15) is 43.1 Å². The zero-order chi connectivity index (χ0) is 15.3. The number of pyridine rings is 1. The van der Waals surface area contributed by atoms with Crippen LogP contribution in [-0.2, 0) is 0 Å². The Bertz CT molecular complexity index is 808. The van der Waals surface area contributed by atoms with E-state index >= 15 is 0 Å². The third-order valence-electron chi connectivity index (χ3n) is 3.68. The molecule has 106 valence electrons. The van der Waals surface area contributed by atoms with Crippen molar-refractivity contribution < 1.29 is 19.4 Å². The number of aromatic nitrogens is 1. The van der Waals surface area contributed by atoms with Crippen molar-refractivity contribution >= 4 is 11.6 Å². The van der Waals surface area contributed by atoms with E-state index in [1.165, 1.54) is 19.4 Å². The van der Waals surface area contributed by atoms with Crippen LogP contribution >= 0.6 is 0 Å². The summed E-state index contributed by atoms with van der Waals surface area (Å²) < 4.78 is 5.15. The second-order valence-corrected chi connectivity index (χ2v) is 5.04. The molecule has 0 spiro atoms. The lowest BCUT2D eigenvalue weighted by atomic mass is 9.84. The summed E-state index contributed by atoms with van der Waals surface area (Å²) in [5.74, 6) is -0.626. The Kier molecular flexibility index (Phi) is 2.79. The van der Waals surface area contributed by atoms with E-state index in [9.17, 15) is 14.7 Å². The summed E-state index contributed by atoms with van der Waals surface area (Å²) in [7, 11) is 1.45. The van der Waals surface area contributed by atoms with Crippen molar-refractivity contribution in [3.8, 4) is 11.5 Å². The maximum Gasteiger partial charge on any atom is 0.216 e. The third-order valence-corrected chi connectivity index (χ3v) is 3.68. The summed E-state index contributed by atoms with van der Waals surface area (Å²) in [6, 6.07) is 3.13. The molecule has 1 heterocycles. The number of phenols is 1. The van der Waals surface area contributed by atoms with Gasteiger partial charge in [-0.05, 0) is 31.5 Å². The van der Waals surface area contributed by atoms with E-state index in [-0.39, 0.29) is 33.9 Å². The SMILES string of the molecule is COc1cc2c(c(O)c1C)C(=O)c1ncc(C)cc1C2=O. The highest BCUT2D eigenvalue weighted by Gasteiger charge is 2.35. The number of methoxy groups -OCH3 is 1. The topological polar surface area (TPSA) is 76.5 Å². The molecule has 0 fully saturated rings. The second kappa shape index (κ2) is 4.41. The van der Waals surface area contributed by atoms with Crippen LogP contribution in [0.5, 0.6) is 11.5 Å². The Morgan fingerprint density at radius 1 is 1.10 bits per heavy atom. The highest BCUT2D eigenvalue weighted by molar-refractivity contribution is 6.28. The van der Waals surface area contributed by atoms with Gasteiger partial charge in [-0.1, -0.05) is 0 Å². The van der Waals surface area contributed by atoms with Gasteiger partial charge in [0, 0.05) is 17.3 Å². The third kappa shape index (κ3) is 1.74. The first-order chi connectivity index (χ1) is 9.95. The van der Waals surface area contributed by atoms with E-state index in [1.807, 2.05) is 0 Å². The van der Waals surface area contributed by atoms with Crippen molar-refractivity contribution in [3.63, 3.8) is 0 Å². The number of hydrogen-bond acceptors (Lipinski definition) is 5. The van der Waals surface area contributed by atoms with Gasteiger partial charge in [-0.2, -0.15) is 0 Å². The number of rotatable bonds is 1. The van der Waals surface area contributed by atoms with E-state index in [0.717, 1.165) is 5.56 Å². The van der Waals surface area contributed by atoms with Crippen LogP contribution in [0.2, 0.25) is 0 Å². The molecule has 0 saturated carbocycles. The number of carbonyl (C=O) groups excluding carboxylic acids is 2. The molecule has 0 amide bonds. The van der Waals surface area contributed by atoms with Gasteiger partial charge in [0.05, 0.1) is 18.2 Å². The van der Waals surface area contributed by atoms with Crippen LogP contribution < -0.4 is 4.74 Å². The molecular formula is C16H13NO4. The molecule has 1 aliphatic rings. The van der Waals surface area contributed by atoms with E-state index in [2.05, 4.69) is 4.98 Å². The molecule has 1 N–H and O–H groups in total. The number of ketones is 2. The number of aryl methyl sites for hydroxylation is 1. The van der Waals surface area contributed by atoms with Gasteiger partial charge in [-0.25, -0.2) is 0 Å². The minimum absolute atomic E-state index is 0.00199. The van der Waals surface area contributed by atoms with Gasteiger partial charge in [0.15, 0.2) is 5.78 Å². The van der Waals surface area contributed by atoms with Crippen LogP contribution in [-0.4, -0.2) is 28.8 Å². The maximum absolute atomic E-state index is 12.6. The molecule has 1 aromatic heterocycles. The molecule has 0 aliphatic heterocycles. The summed E-state index contributed by atoms with van der Waals surface area (Å²) in [6.07, 6.45) is 1.53. The predicted octanol–water partition coefficient (Wildman–Crippen LogP) is 2.19. The number of fused-ring (bicyclic) bond motifs is 2. The quantitative estimate of drug-likeness (QED) is 0.740. The molecule has 0 bridgehead atoms. The van der Waals surface area contributed by atoms with Crippen molar-refractivity contribution in [1.29, 1.82) is 0 Å².